The van der Waals surface area contributed by atoms with Crippen molar-refractivity contribution in [3.05, 3.63) is 0 Å². The lowest BCUT2D eigenvalue weighted by molar-refractivity contribution is -0.0128. The van der Waals surface area contributed by atoms with Crippen molar-refractivity contribution in [3.63, 3.8) is 0 Å². The third kappa shape index (κ3) is 0.782. The van der Waals surface area contributed by atoms with Crippen molar-refractivity contribution >= 4 is 0 Å². The quantitative estimate of drug-likeness (QED) is 0.607. The smallest absolute Gasteiger partial charge is 0.0681 e. The second-order valence-electron chi connectivity index (χ2n) is 5.87. The highest BCUT2D eigenvalue weighted by atomic mass is 16.3. The first-order valence-electron chi connectivity index (χ1n) is 5.84. The van der Waals surface area contributed by atoms with Crippen LogP contribution >= 0.6 is 0 Å². The first-order chi connectivity index (χ1) is 6.12. The van der Waals surface area contributed by atoms with Gasteiger partial charge in [-0.05, 0) is 44.4 Å². The molecule has 0 saturated heterocycles. The van der Waals surface area contributed by atoms with Crippen molar-refractivity contribution in [2.75, 3.05) is 0 Å². The van der Waals surface area contributed by atoms with Gasteiger partial charge in [0, 0.05) is 5.41 Å². The second-order valence-corrected chi connectivity index (χ2v) is 5.87. The van der Waals surface area contributed by atoms with E-state index in [1.54, 1.807) is 0 Å². The monoisotopic (exact) mass is 180 g/mol. The summed E-state index contributed by atoms with van der Waals surface area (Å²) in [5, 5.41) is 10.4. The molecule has 74 valence electrons. The lowest BCUT2D eigenvalue weighted by Crippen LogP contribution is -2.34. The van der Waals surface area contributed by atoms with Crippen LogP contribution in [0.15, 0.2) is 0 Å². The Balaban J connectivity index is 1.97. The molecule has 1 N–H and O–H groups in total. The van der Waals surface area contributed by atoms with E-state index in [2.05, 4.69) is 6.92 Å². The van der Waals surface area contributed by atoms with E-state index in [0.717, 1.165) is 6.42 Å². The summed E-state index contributed by atoms with van der Waals surface area (Å²) in [4.78, 5) is 0. The fourth-order valence-corrected chi connectivity index (χ4v) is 4.49. The third-order valence-corrected chi connectivity index (χ3v) is 5.41. The summed E-state index contributed by atoms with van der Waals surface area (Å²) in [7, 11) is 0. The van der Waals surface area contributed by atoms with Crippen LogP contribution in [0.25, 0.3) is 0 Å². The standard InChI is InChI=1S/C12H20O/c1-10(13)7-8-11-5-3-2-4-6-12(10,11)9-11/h13H,2-9H2,1H3/t10-,11-,12+/m0/s1. The van der Waals surface area contributed by atoms with Crippen molar-refractivity contribution in [1.82, 2.24) is 0 Å². The van der Waals surface area contributed by atoms with Gasteiger partial charge < -0.3 is 5.11 Å². The minimum Gasteiger partial charge on any atom is -0.390 e. The van der Waals surface area contributed by atoms with Crippen LogP contribution in [0.2, 0.25) is 0 Å². The van der Waals surface area contributed by atoms with Gasteiger partial charge in [-0.25, -0.2) is 0 Å². The van der Waals surface area contributed by atoms with Crippen LogP contribution in [0.3, 0.4) is 0 Å². The molecule has 3 aliphatic carbocycles. The molecule has 0 heterocycles. The molecular formula is C12H20O. The topological polar surface area (TPSA) is 20.2 Å². The van der Waals surface area contributed by atoms with Gasteiger partial charge in [0.2, 0.25) is 0 Å². The normalized spacial score (nSPS) is 59.5. The van der Waals surface area contributed by atoms with Crippen LogP contribution in [-0.4, -0.2) is 10.7 Å². The molecular weight excluding hydrogens is 160 g/mol. The zero-order valence-corrected chi connectivity index (χ0v) is 8.60. The number of rotatable bonds is 0. The van der Waals surface area contributed by atoms with Crippen molar-refractivity contribution in [3.8, 4) is 0 Å². The fourth-order valence-electron chi connectivity index (χ4n) is 4.49. The number of hydrogen-bond acceptors (Lipinski definition) is 1. The van der Waals surface area contributed by atoms with Crippen molar-refractivity contribution in [1.29, 1.82) is 0 Å². The van der Waals surface area contributed by atoms with E-state index < -0.39 is 0 Å². The summed E-state index contributed by atoms with van der Waals surface area (Å²) >= 11 is 0. The summed E-state index contributed by atoms with van der Waals surface area (Å²) in [5.41, 5.74) is 0.654. The van der Waals surface area contributed by atoms with Gasteiger partial charge in [0.1, 0.15) is 0 Å². The van der Waals surface area contributed by atoms with Gasteiger partial charge >= 0.3 is 0 Å². The maximum atomic E-state index is 10.4. The number of hydrogen-bond donors (Lipinski definition) is 1. The van der Waals surface area contributed by atoms with E-state index >= 15 is 0 Å². The van der Waals surface area contributed by atoms with E-state index in [1.165, 1.54) is 44.9 Å². The molecule has 0 spiro atoms. The zero-order chi connectivity index (χ0) is 9.16. The minimum atomic E-state index is -0.322. The highest BCUT2D eigenvalue weighted by Gasteiger charge is 2.76. The van der Waals surface area contributed by atoms with Crippen LogP contribution in [0, 0.1) is 10.8 Å². The average molecular weight is 180 g/mol. The Morgan fingerprint density at radius 1 is 0.923 bits per heavy atom. The molecule has 0 amide bonds. The summed E-state index contributed by atoms with van der Waals surface area (Å²) in [6.45, 7) is 2.09. The molecule has 1 heteroatoms. The van der Waals surface area contributed by atoms with Crippen LogP contribution in [0.4, 0.5) is 0 Å². The van der Waals surface area contributed by atoms with Gasteiger partial charge in [-0.1, -0.05) is 19.3 Å². The van der Waals surface area contributed by atoms with E-state index in [0.29, 0.717) is 10.8 Å². The Kier molecular flexibility index (Phi) is 1.36. The molecule has 0 aliphatic heterocycles. The molecule has 0 aromatic rings. The average Bonchev–Trinajstić information content (AvgIpc) is 2.66. The van der Waals surface area contributed by atoms with E-state index in [4.69, 9.17) is 0 Å². The molecule has 3 rings (SSSR count). The molecule has 1 nitrogen and oxygen atoms in total. The summed E-state index contributed by atoms with van der Waals surface area (Å²) < 4.78 is 0. The number of aliphatic hydroxyl groups is 1. The van der Waals surface area contributed by atoms with Gasteiger partial charge in [0.25, 0.3) is 0 Å². The van der Waals surface area contributed by atoms with Crippen molar-refractivity contribution < 1.29 is 5.11 Å². The third-order valence-electron chi connectivity index (χ3n) is 5.41. The molecule has 3 saturated carbocycles. The van der Waals surface area contributed by atoms with Gasteiger partial charge in [-0.15, -0.1) is 0 Å². The van der Waals surface area contributed by atoms with Gasteiger partial charge in [0.15, 0.2) is 0 Å². The maximum Gasteiger partial charge on any atom is 0.0681 e. The lowest BCUT2D eigenvalue weighted by atomic mass is 9.82. The summed E-state index contributed by atoms with van der Waals surface area (Å²) in [5.74, 6) is 0. The molecule has 0 radical (unpaired) electrons. The molecule has 3 aliphatic rings. The second kappa shape index (κ2) is 2.13. The highest BCUT2D eigenvalue weighted by molar-refractivity contribution is 5.26. The Hall–Kier alpha value is -0.0400. The van der Waals surface area contributed by atoms with E-state index in [9.17, 15) is 5.11 Å². The molecule has 0 unspecified atom stereocenters. The minimum absolute atomic E-state index is 0.322. The van der Waals surface area contributed by atoms with Gasteiger partial charge in [-0.3, -0.25) is 0 Å². The SMILES string of the molecule is C[C@]1(O)CC[C@]23CCCCC[C@]21C3. The first kappa shape index (κ1) is 8.28. The maximum absolute atomic E-state index is 10.4. The van der Waals surface area contributed by atoms with Crippen LogP contribution in [-0.2, 0) is 0 Å². The molecule has 0 aromatic carbocycles. The summed E-state index contributed by atoms with van der Waals surface area (Å²) in [6.07, 6.45) is 10.6. The van der Waals surface area contributed by atoms with Crippen molar-refractivity contribution in [2.24, 2.45) is 10.8 Å². The van der Waals surface area contributed by atoms with Crippen LogP contribution in [0.1, 0.15) is 58.3 Å². The Morgan fingerprint density at radius 2 is 1.69 bits per heavy atom. The van der Waals surface area contributed by atoms with E-state index in [1.807, 2.05) is 0 Å². The fraction of sp³-hybridized carbons (Fsp3) is 1.00. The molecule has 13 heavy (non-hydrogen) atoms. The predicted octanol–water partition coefficient (Wildman–Crippen LogP) is 2.87. The van der Waals surface area contributed by atoms with Crippen LogP contribution < -0.4 is 0 Å². The van der Waals surface area contributed by atoms with Crippen LogP contribution in [0.5, 0.6) is 0 Å². The van der Waals surface area contributed by atoms with Gasteiger partial charge in [0.05, 0.1) is 5.60 Å². The largest absolute Gasteiger partial charge is 0.390 e. The van der Waals surface area contributed by atoms with Gasteiger partial charge in [-0.2, -0.15) is 0 Å². The molecule has 0 aromatic heterocycles. The molecule has 0 bridgehead atoms. The highest BCUT2D eigenvalue weighted by Crippen LogP contribution is 2.81. The summed E-state index contributed by atoms with van der Waals surface area (Å²) in [6, 6.07) is 0. The lowest BCUT2D eigenvalue weighted by Gasteiger charge is -2.30. The predicted molar refractivity (Wildman–Crippen MR) is 52.4 cm³/mol. The molecule has 3 fully saturated rings. The zero-order valence-electron chi connectivity index (χ0n) is 8.60. The molecule has 3 atom stereocenters. The first-order valence-corrected chi connectivity index (χ1v) is 5.84. The Bertz CT molecular complexity index is 242. The van der Waals surface area contributed by atoms with Crippen molar-refractivity contribution in [2.45, 2.75) is 63.9 Å². The van der Waals surface area contributed by atoms with E-state index in [-0.39, 0.29) is 5.60 Å². The Morgan fingerprint density at radius 3 is 2.54 bits per heavy atom. The Labute approximate surface area is 80.5 Å².